The molecule has 0 saturated carbocycles. The van der Waals surface area contributed by atoms with Crippen molar-refractivity contribution in [2.24, 2.45) is 0 Å². The molecule has 0 fully saturated rings. The number of benzene rings is 1. The third kappa shape index (κ3) is 2.60. The van der Waals surface area contributed by atoms with Crippen molar-refractivity contribution in [3.05, 3.63) is 64.0 Å². The van der Waals surface area contributed by atoms with Crippen LogP contribution in [0.1, 0.15) is 16.1 Å². The lowest BCUT2D eigenvalue weighted by molar-refractivity contribution is 0.102. The number of anilines is 1. The number of fused-ring (bicyclic) bond motifs is 1. The number of aromatic nitrogens is 2. The molecule has 3 aromatic rings. The standard InChI is InChI=1S/C15H11Cl2N3O/c1-9-13(4-5-14-18-6-7-20(9)14)19-15(21)10-2-3-11(16)12(17)8-10/h2-8H,1H3,(H,19,21). The molecule has 3 rings (SSSR count). The summed E-state index contributed by atoms with van der Waals surface area (Å²) in [5, 5.41) is 3.64. The summed E-state index contributed by atoms with van der Waals surface area (Å²) in [5.74, 6) is -0.240. The van der Waals surface area contributed by atoms with Crippen molar-refractivity contribution < 1.29 is 4.79 Å². The molecule has 2 aromatic heterocycles. The molecule has 0 radical (unpaired) electrons. The topological polar surface area (TPSA) is 46.4 Å². The molecule has 0 spiro atoms. The van der Waals surface area contributed by atoms with E-state index in [0.29, 0.717) is 15.6 Å². The average molecular weight is 320 g/mol. The Hall–Kier alpha value is -2.04. The second-order valence-corrected chi connectivity index (χ2v) is 5.39. The van der Waals surface area contributed by atoms with Gasteiger partial charge < -0.3 is 9.72 Å². The van der Waals surface area contributed by atoms with Gasteiger partial charge in [0, 0.05) is 23.7 Å². The number of amides is 1. The molecule has 21 heavy (non-hydrogen) atoms. The molecule has 0 unspecified atom stereocenters. The van der Waals surface area contributed by atoms with Crippen LogP contribution >= 0.6 is 23.2 Å². The maximum atomic E-state index is 12.3. The number of nitrogens with one attached hydrogen (secondary N) is 1. The van der Waals surface area contributed by atoms with Crippen LogP contribution in [0.5, 0.6) is 0 Å². The third-order valence-electron chi connectivity index (χ3n) is 3.25. The number of hydrogen-bond acceptors (Lipinski definition) is 2. The van der Waals surface area contributed by atoms with Crippen molar-refractivity contribution in [3.63, 3.8) is 0 Å². The Kier molecular flexibility index (Phi) is 3.57. The zero-order valence-corrected chi connectivity index (χ0v) is 12.6. The Bertz CT molecular complexity index is 842. The normalized spacial score (nSPS) is 10.8. The lowest BCUT2D eigenvalue weighted by Crippen LogP contribution is -2.13. The van der Waals surface area contributed by atoms with E-state index in [2.05, 4.69) is 10.3 Å². The van der Waals surface area contributed by atoms with Gasteiger partial charge in [0.05, 0.1) is 15.7 Å². The number of imidazole rings is 1. The summed E-state index contributed by atoms with van der Waals surface area (Å²) < 4.78 is 1.91. The predicted molar refractivity (Wildman–Crippen MR) is 84.3 cm³/mol. The molecule has 0 aliphatic heterocycles. The van der Waals surface area contributed by atoms with Crippen LogP contribution < -0.4 is 5.32 Å². The molecule has 1 N–H and O–H groups in total. The summed E-state index contributed by atoms with van der Waals surface area (Å²) in [5.41, 5.74) is 2.91. The maximum absolute atomic E-state index is 12.3. The summed E-state index contributed by atoms with van der Waals surface area (Å²) in [7, 11) is 0. The van der Waals surface area contributed by atoms with Crippen molar-refractivity contribution in [2.75, 3.05) is 5.32 Å². The third-order valence-corrected chi connectivity index (χ3v) is 3.99. The molecule has 0 aliphatic carbocycles. The molecular formula is C15H11Cl2N3O. The number of halogens is 2. The molecular weight excluding hydrogens is 309 g/mol. The molecule has 0 bridgehead atoms. The van der Waals surface area contributed by atoms with Gasteiger partial charge in [-0.25, -0.2) is 4.98 Å². The summed E-state index contributed by atoms with van der Waals surface area (Å²) >= 11 is 11.8. The Balaban J connectivity index is 1.92. The van der Waals surface area contributed by atoms with E-state index in [1.54, 1.807) is 24.4 Å². The lowest BCUT2D eigenvalue weighted by Gasteiger charge is -2.10. The zero-order valence-electron chi connectivity index (χ0n) is 11.1. The van der Waals surface area contributed by atoms with E-state index in [0.717, 1.165) is 17.0 Å². The van der Waals surface area contributed by atoms with Crippen LogP contribution in [-0.4, -0.2) is 15.3 Å². The van der Waals surface area contributed by atoms with E-state index in [4.69, 9.17) is 23.2 Å². The quantitative estimate of drug-likeness (QED) is 0.769. The van der Waals surface area contributed by atoms with Gasteiger partial charge in [0.2, 0.25) is 0 Å². The lowest BCUT2D eigenvalue weighted by atomic mass is 10.2. The monoisotopic (exact) mass is 319 g/mol. The largest absolute Gasteiger partial charge is 0.320 e. The van der Waals surface area contributed by atoms with Crippen molar-refractivity contribution in [1.29, 1.82) is 0 Å². The predicted octanol–water partition coefficient (Wildman–Crippen LogP) is 4.20. The second kappa shape index (κ2) is 5.39. The number of carbonyl (C=O) groups excluding carboxylic acids is 1. The first-order valence-corrected chi connectivity index (χ1v) is 7.01. The van der Waals surface area contributed by atoms with Gasteiger partial charge in [0.1, 0.15) is 5.65 Å². The number of hydrogen-bond donors (Lipinski definition) is 1. The van der Waals surface area contributed by atoms with Crippen molar-refractivity contribution >= 4 is 40.4 Å². The molecule has 0 aliphatic rings. The van der Waals surface area contributed by atoms with Crippen LogP contribution in [0.15, 0.2) is 42.7 Å². The van der Waals surface area contributed by atoms with Gasteiger partial charge in [-0.2, -0.15) is 0 Å². The minimum absolute atomic E-state index is 0.240. The minimum atomic E-state index is -0.240. The SMILES string of the molecule is Cc1c(NC(=O)c2ccc(Cl)c(Cl)c2)ccc2nccn12. The number of carbonyl (C=O) groups is 1. The Morgan fingerprint density at radius 3 is 2.76 bits per heavy atom. The number of nitrogens with zero attached hydrogens (tertiary/aromatic N) is 2. The fourth-order valence-corrected chi connectivity index (χ4v) is 2.39. The zero-order chi connectivity index (χ0) is 15.0. The van der Waals surface area contributed by atoms with Gasteiger partial charge >= 0.3 is 0 Å². The molecule has 4 nitrogen and oxygen atoms in total. The van der Waals surface area contributed by atoms with Gasteiger partial charge in [0.15, 0.2) is 0 Å². The fraction of sp³-hybridized carbons (Fsp3) is 0.0667. The van der Waals surface area contributed by atoms with E-state index >= 15 is 0 Å². The average Bonchev–Trinajstić information content (AvgIpc) is 2.94. The highest BCUT2D eigenvalue weighted by Gasteiger charge is 2.11. The summed E-state index contributed by atoms with van der Waals surface area (Å²) in [4.78, 5) is 16.5. The first-order chi connectivity index (χ1) is 10.1. The molecule has 6 heteroatoms. The Morgan fingerprint density at radius 1 is 1.19 bits per heavy atom. The smallest absolute Gasteiger partial charge is 0.255 e. The number of aryl methyl sites for hydroxylation is 1. The molecule has 2 heterocycles. The van der Waals surface area contributed by atoms with E-state index in [9.17, 15) is 4.79 Å². The Morgan fingerprint density at radius 2 is 2.00 bits per heavy atom. The molecule has 1 amide bonds. The van der Waals surface area contributed by atoms with Gasteiger partial charge in [0.25, 0.3) is 5.91 Å². The van der Waals surface area contributed by atoms with Crippen LogP contribution in [0.3, 0.4) is 0 Å². The summed E-state index contributed by atoms with van der Waals surface area (Å²) in [6.45, 7) is 1.92. The van der Waals surface area contributed by atoms with Gasteiger partial charge in [-0.15, -0.1) is 0 Å². The Labute approximate surface area is 131 Å². The molecule has 1 aromatic carbocycles. The highest BCUT2D eigenvalue weighted by Crippen LogP contribution is 2.23. The van der Waals surface area contributed by atoms with Crippen LogP contribution in [0.25, 0.3) is 5.65 Å². The van der Waals surface area contributed by atoms with Crippen LogP contribution in [-0.2, 0) is 0 Å². The van der Waals surface area contributed by atoms with Crippen LogP contribution in [0, 0.1) is 6.92 Å². The summed E-state index contributed by atoms with van der Waals surface area (Å²) in [6, 6.07) is 8.45. The molecule has 0 saturated heterocycles. The second-order valence-electron chi connectivity index (χ2n) is 4.57. The maximum Gasteiger partial charge on any atom is 0.255 e. The van der Waals surface area contributed by atoms with E-state index in [1.165, 1.54) is 0 Å². The van der Waals surface area contributed by atoms with E-state index in [1.807, 2.05) is 29.7 Å². The van der Waals surface area contributed by atoms with Crippen LogP contribution in [0.4, 0.5) is 5.69 Å². The first kappa shape index (κ1) is 13.9. The minimum Gasteiger partial charge on any atom is -0.320 e. The first-order valence-electron chi connectivity index (χ1n) is 6.25. The van der Waals surface area contributed by atoms with Crippen molar-refractivity contribution in [1.82, 2.24) is 9.38 Å². The van der Waals surface area contributed by atoms with E-state index < -0.39 is 0 Å². The summed E-state index contributed by atoms with van der Waals surface area (Å²) in [6.07, 6.45) is 3.56. The highest BCUT2D eigenvalue weighted by atomic mass is 35.5. The van der Waals surface area contributed by atoms with Crippen LogP contribution in [0.2, 0.25) is 10.0 Å². The number of pyridine rings is 1. The highest BCUT2D eigenvalue weighted by molar-refractivity contribution is 6.42. The van der Waals surface area contributed by atoms with Gasteiger partial charge in [-0.3, -0.25) is 4.79 Å². The van der Waals surface area contributed by atoms with Gasteiger partial charge in [-0.05, 0) is 37.3 Å². The van der Waals surface area contributed by atoms with Crippen molar-refractivity contribution in [2.45, 2.75) is 6.92 Å². The molecule has 0 atom stereocenters. The van der Waals surface area contributed by atoms with Crippen molar-refractivity contribution in [3.8, 4) is 0 Å². The van der Waals surface area contributed by atoms with E-state index in [-0.39, 0.29) is 5.91 Å². The van der Waals surface area contributed by atoms with Gasteiger partial charge in [-0.1, -0.05) is 23.2 Å². The number of rotatable bonds is 2. The fourth-order valence-electron chi connectivity index (χ4n) is 2.09. The molecule has 106 valence electrons.